The van der Waals surface area contributed by atoms with Crippen molar-refractivity contribution in [3.8, 4) is 22.3 Å². The number of hydrogen-bond acceptors (Lipinski definition) is 6. The smallest absolute Gasteiger partial charge is 0.336 e. The van der Waals surface area contributed by atoms with E-state index in [1.165, 1.54) is 0 Å². The van der Waals surface area contributed by atoms with Crippen molar-refractivity contribution in [3.63, 3.8) is 0 Å². The molecule has 0 amide bonds. The van der Waals surface area contributed by atoms with Crippen LogP contribution in [0.15, 0.2) is 131 Å². The number of aryl methyl sites for hydroxylation is 6. The summed E-state index contributed by atoms with van der Waals surface area (Å²) in [5.41, 5.74) is 13.6. The minimum Gasteiger partial charge on any atom is -0.478 e. The van der Waals surface area contributed by atoms with Crippen molar-refractivity contribution in [2.24, 2.45) is 0 Å². The molecular weight excluding hydrogens is 921 g/mol. The van der Waals surface area contributed by atoms with Crippen molar-refractivity contribution in [1.82, 2.24) is 19.1 Å². The monoisotopic (exact) mass is 993 g/mol. The fraction of sp³-hybridized carbons (Fsp3) is 0.344. The molecule has 2 heterocycles. The van der Waals surface area contributed by atoms with Gasteiger partial charge in [0, 0.05) is 48.2 Å². The van der Waals surface area contributed by atoms with E-state index in [4.69, 9.17) is 9.97 Å². The topological polar surface area (TPSA) is 144 Å². The lowest BCUT2D eigenvalue weighted by Crippen LogP contribution is -2.12. The molecule has 8 rings (SSSR count). The van der Waals surface area contributed by atoms with Crippen LogP contribution in [0, 0.1) is 0 Å². The van der Waals surface area contributed by atoms with Gasteiger partial charge in [0.05, 0.1) is 33.2 Å². The Balaban J connectivity index is 0.000000217. The molecule has 0 aliphatic carbocycles. The van der Waals surface area contributed by atoms with E-state index in [1.54, 1.807) is 24.3 Å². The maximum absolute atomic E-state index is 13.4. The molecule has 0 saturated carbocycles. The Labute approximate surface area is 435 Å². The van der Waals surface area contributed by atoms with E-state index >= 15 is 0 Å². The molecule has 0 aliphatic rings. The molecule has 0 spiro atoms. The Hall–Kier alpha value is -7.46. The number of carbonyl (C=O) groups is 2. The number of fused-ring (bicyclic) bond motifs is 2. The fourth-order valence-electron chi connectivity index (χ4n) is 9.90. The minimum atomic E-state index is -0.931. The predicted octanol–water partition coefficient (Wildman–Crippen LogP) is 14.1. The van der Waals surface area contributed by atoms with Crippen LogP contribution in [0.5, 0.6) is 0 Å². The van der Waals surface area contributed by atoms with Crippen molar-refractivity contribution >= 4 is 34.0 Å². The van der Waals surface area contributed by atoms with Gasteiger partial charge in [-0.1, -0.05) is 152 Å². The standard InChI is InChI=1S/C33H38N2O3.C31H34N2O3/c1-4-7-12-25-20-29-30(21-26(32(25)36)13-8-5-2)35(31(34-29)11-6-3)22-23-16-18-24(19-17-23)27-14-9-10-15-28(27)33(37)38;1-4-9-23-18-27-28(19-24(10-5-2)30(23)34)33(29(32-27)11-6-3)20-21-14-16-22(17-15-21)25-12-7-8-13-26(25)31(35)36/h9-10,14-21H,4-8,11-13,22H2,1-3H3,(H,37,38);7-8,12-19H,4-6,9-11,20H2,1-3H3,(H,35,36). The number of nitrogens with zero attached hydrogens (tertiary/aromatic N) is 4. The predicted molar refractivity (Wildman–Crippen MR) is 301 cm³/mol. The Morgan fingerprint density at radius 3 is 1.15 bits per heavy atom. The second-order valence-electron chi connectivity index (χ2n) is 19.4. The van der Waals surface area contributed by atoms with Gasteiger partial charge >= 0.3 is 11.9 Å². The van der Waals surface area contributed by atoms with E-state index < -0.39 is 11.9 Å². The van der Waals surface area contributed by atoms with Crippen molar-refractivity contribution < 1.29 is 19.8 Å². The molecule has 6 aromatic carbocycles. The normalized spacial score (nSPS) is 11.2. The van der Waals surface area contributed by atoms with Gasteiger partial charge in [0.2, 0.25) is 0 Å². The molecule has 384 valence electrons. The number of unbranched alkanes of at least 4 members (excludes halogenated alkanes) is 2. The molecule has 0 atom stereocenters. The van der Waals surface area contributed by atoms with E-state index in [9.17, 15) is 29.4 Å². The Kier molecular flexibility index (Phi) is 19.1. The number of aromatic carboxylic acids is 2. The van der Waals surface area contributed by atoms with Crippen LogP contribution in [-0.2, 0) is 51.6 Å². The minimum absolute atomic E-state index is 0.154. The summed E-state index contributed by atoms with van der Waals surface area (Å²) in [7, 11) is 0. The van der Waals surface area contributed by atoms with Crippen LogP contribution in [0.3, 0.4) is 0 Å². The highest BCUT2D eigenvalue weighted by Gasteiger charge is 2.18. The van der Waals surface area contributed by atoms with Crippen LogP contribution in [-0.4, -0.2) is 41.3 Å². The molecule has 2 N–H and O–H groups in total. The molecule has 0 bridgehead atoms. The highest BCUT2D eigenvalue weighted by atomic mass is 16.4. The van der Waals surface area contributed by atoms with Crippen molar-refractivity contribution in [3.05, 3.63) is 198 Å². The second kappa shape index (κ2) is 26.0. The Morgan fingerprint density at radius 2 is 0.784 bits per heavy atom. The number of benzene rings is 4. The molecule has 8 aromatic rings. The van der Waals surface area contributed by atoms with Gasteiger partial charge in [-0.15, -0.1) is 0 Å². The zero-order valence-electron chi connectivity index (χ0n) is 44.2. The average molecular weight is 993 g/mol. The van der Waals surface area contributed by atoms with Gasteiger partial charge in [0.15, 0.2) is 10.9 Å². The average Bonchev–Trinajstić information content (AvgIpc) is 3.79. The summed E-state index contributed by atoms with van der Waals surface area (Å²) in [5, 5.41) is 19.1. The van der Waals surface area contributed by atoms with Gasteiger partial charge in [-0.05, 0) is 121 Å². The van der Waals surface area contributed by atoms with E-state index in [0.29, 0.717) is 35.3 Å². The maximum Gasteiger partial charge on any atom is 0.336 e. The zero-order chi connectivity index (χ0) is 52.7. The molecule has 74 heavy (non-hydrogen) atoms. The summed E-state index contributed by atoms with van der Waals surface area (Å²) in [4.78, 5) is 60.0. The largest absolute Gasteiger partial charge is 0.478 e. The van der Waals surface area contributed by atoms with Gasteiger partial charge in [0.1, 0.15) is 11.6 Å². The van der Waals surface area contributed by atoms with E-state index in [-0.39, 0.29) is 10.9 Å². The first-order valence-corrected chi connectivity index (χ1v) is 26.9. The molecule has 0 radical (unpaired) electrons. The summed E-state index contributed by atoms with van der Waals surface area (Å²) in [5.74, 6) is 0.196. The van der Waals surface area contributed by atoms with Crippen LogP contribution < -0.4 is 10.9 Å². The van der Waals surface area contributed by atoms with Crippen LogP contribution in [0.1, 0.15) is 159 Å². The number of aromatic nitrogens is 4. The summed E-state index contributed by atoms with van der Waals surface area (Å²) in [6.45, 7) is 14.1. The van der Waals surface area contributed by atoms with Crippen molar-refractivity contribution in [2.45, 2.75) is 145 Å². The van der Waals surface area contributed by atoms with Crippen LogP contribution >= 0.6 is 0 Å². The third-order valence-corrected chi connectivity index (χ3v) is 13.8. The van der Waals surface area contributed by atoms with Crippen LogP contribution in [0.4, 0.5) is 0 Å². The number of carboxylic acid groups (broad SMARTS) is 2. The van der Waals surface area contributed by atoms with Crippen molar-refractivity contribution in [1.29, 1.82) is 0 Å². The maximum atomic E-state index is 13.4. The molecule has 10 heteroatoms. The first-order chi connectivity index (χ1) is 35.9. The van der Waals surface area contributed by atoms with E-state index in [1.807, 2.05) is 72.8 Å². The summed E-state index contributed by atoms with van der Waals surface area (Å²) in [6, 6.07) is 38.5. The number of rotatable bonds is 22. The van der Waals surface area contributed by atoms with Gasteiger partial charge in [-0.25, -0.2) is 19.6 Å². The SMILES string of the molecule is CCCCc1cc2nc(CCC)n(Cc3ccc(-c4ccccc4C(=O)O)cc3)c2cc(CCCC)c1=O.CCCc1cc2nc(CCC)n(Cc3ccc(-c4ccccc4C(=O)O)cc3)c2cc(CCC)c1=O. The van der Waals surface area contributed by atoms with E-state index in [2.05, 4.69) is 74.9 Å². The van der Waals surface area contributed by atoms with Crippen LogP contribution in [0.2, 0.25) is 0 Å². The number of carboxylic acids is 2. The lowest BCUT2D eigenvalue weighted by molar-refractivity contribution is 0.0687. The third-order valence-electron chi connectivity index (χ3n) is 13.8. The second-order valence-corrected chi connectivity index (χ2v) is 19.4. The molecule has 0 saturated heterocycles. The van der Waals surface area contributed by atoms with Crippen LogP contribution in [0.25, 0.3) is 44.3 Å². The van der Waals surface area contributed by atoms with E-state index in [0.717, 1.165) is 168 Å². The Bertz CT molecular complexity index is 3350. The molecule has 0 aliphatic heterocycles. The van der Waals surface area contributed by atoms with Gasteiger partial charge < -0.3 is 19.3 Å². The molecule has 2 aromatic heterocycles. The molecule has 10 nitrogen and oxygen atoms in total. The van der Waals surface area contributed by atoms with Crippen molar-refractivity contribution in [2.75, 3.05) is 0 Å². The highest BCUT2D eigenvalue weighted by Crippen LogP contribution is 2.28. The zero-order valence-corrected chi connectivity index (χ0v) is 44.2. The van der Waals surface area contributed by atoms with Gasteiger partial charge in [-0.3, -0.25) is 9.59 Å². The first-order valence-electron chi connectivity index (χ1n) is 26.9. The molecular formula is C64H72N4O6. The summed E-state index contributed by atoms with van der Waals surface area (Å²) < 4.78 is 4.50. The van der Waals surface area contributed by atoms with Gasteiger partial charge in [0.25, 0.3) is 0 Å². The number of imidazole rings is 2. The highest BCUT2D eigenvalue weighted by molar-refractivity contribution is 5.96. The lowest BCUT2D eigenvalue weighted by Gasteiger charge is -2.11. The molecule has 0 unspecified atom stereocenters. The quantitative estimate of drug-likeness (QED) is 0.0683. The summed E-state index contributed by atoms with van der Waals surface area (Å²) >= 11 is 0. The van der Waals surface area contributed by atoms with Gasteiger partial charge in [-0.2, -0.15) is 0 Å². The lowest BCUT2D eigenvalue weighted by atomic mass is 9.99. The third kappa shape index (κ3) is 12.8. The first kappa shape index (κ1) is 54.3. The number of hydrogen-bond donors (Lipinski definition) is 2. The Morgan fingerprint density at radius 1 is 0.432 bits per heavy atom. The fourth-order valence-corrected chi connectivity index (χ4v) is 9.90. The molecule has 0 fully saturated rings. The summed E-state index contributed by atoms with van der Waals surface area (Å²) in [6.07, 6.45) is 12.7.